The van der Waals surface area contributed by atoms with Crippen LogP contribution in [0.1, 0.15) is 20.3 Å². The van der Waals surface area contributed by atoms with E-state index in [2.05, 4.69) is 16.0 Å². The van der Waals surface area contributed by atoms with Crippen LogP contribution in [0.25, 0.3) is 10.8 Å². The van der Waals surface area contributed by atoms with Crippen LogP contribution in [0.2, 0.25) is 0 Å². The monoisotopic (exact) mass is 573 g/mol. The first kappa shape index (κ1) is 30.6. The first-order chi connectivity index (χ1) is 19.4. The molecule has 0 unspecified atom stereocenters. The Morgan fingerprint density at radius 1 is 0.878 bits per heavy atom. The number of ether oxygens (including phenoxy) is 1. The van der Waals surface area contributed by atoms with Crippen molar-refractivity contribution in [3.05, 3.63) is 72.0 Å². The number of nitrogens with one attached hydrogen (secondary N) is 3. The number of ketones is 1. The van der Waals surface area contributed by atoms with Crippen molar-refractivity contribution in [2.45, 2.75) is 32.4 Å². The zero-order valence-corrected chi connectivity index (χ0v) is 21.9. The van der Waals surface area contributed by atoms with Gasteiger partial charge < -0.3 is 25.8 Å². The molecule has 10 nitrogen and oxygen atoms in total. The second-order valence-electron chi connectivity index (χ2n) is 9.29. The largest absolute Gasteiger partial charge is 0.481 e. The number of rotatable bonds is 11. The predicted octanol–water partition coefficient (Wildman–Crippen LogP) is 2.94. The summed E-state index contributed by atoms with van der Waals surface area (Å²) in [7, 11) is 0. The quantitative estimate of drug-likeness (QED) is 0.258. The average Bonchev–Trinajstić information content (AvgIpc) is 2.90. The Kier molecular flexibility index (Phi) is 10.0. The van der Waals surface area contributed by atoms with E-state index < -0.39 is 83.7 Å². The maximum atomic E-state index is 13.8. The zero-order chi connectivity index (χ0) is 30.3. The number of benzene rings is 3. The summed E-state index contributed by atoms with van der Waals surface area (Å²) < 4.78 is 45.5. The summed E-state index contributed by atoms with van der Waals surface area (Å²) in [4.78, 5) is 62.2. The first-order valence-electron chi connectivity index (χ1n) is 12.3. The fraction of sp³-hybridized carbons (Fsp3) is 0.250. The number of amides is 3. The Hall–Kier alpha value is -4.94. The van der Waals surface area contributed by atoms with Crippen LogP contribution in [0.4, 0.5) is 18.9 Å². The Bertz CT molecular complexity index is 1470. The van der Waals surface area contributed by atoms with Crippen LogP contribution < -0.4 is 20.7 Å². The maximum Gasteiger partial charge on any atom is 0.313 e. The molecule has 0 heterocycles. The van der Waals surface area contributed by atoms with Gasteiger partial charge >= 0.3 is 17.8 Å². The van der Waals surface area contributed by atoms with Crippen molar-refractivity contribution in [3.63, 3.8) is 0 Å². The number of anilines is 1. The molecular weight excluding hydrogens is 547 g/mol. The number of aliphatic carboxylic acids is 1. The lowest BCUT2D eigenvalue weighted by Gasteiger charge is -2.24. The molecule has 4 N–H and O–H groups in total. The Labute approximate surface area is 231 Å². The molecule has 2 atom stereocenters. The average molecular weight is 574 g/mol. The van der Waals surface area contributed by atoms with Gasteiger partial charge in [0.1, 0.15) is 24.5 Å². The van der Waals surface area contributed by atoms with Gasteiger partial charge in [0.25, 0.3) is 0 Å². The molecule has 41 heavy (non-hydrogen) atoms. The third-order valence-corrected chi connectivity index (χ3v) is 5.89. The molecule has 0 bridgehead atoms. The lowest BCUT2D eigenvalue weighted by molar-refractivity contribution is -0.141. The first-order valence-corrected chi connectivity index (χ1v) is 12.3. The van der Waals surface area contributed by atoms with Gasteiger partial charge in [-0.05, 0) is 17.4 Å². The molecule has 216 valence electrons. The summed E-state index contributed by atoms with van der Waals surface area (Å²) in [5, 5.41) is 17.6. The topological polar surface area (TPSA) is 151 Å². The lowest BCUT2D eigenvalue weighted by atomic mass is 10.0. The Balaban J connectivity index is 1.68. The van der Waals surface area contributed by atoms with Crippen molar-refractivity contribution in [1.29, 1.82) is 0 Å². The number of carboxylic acid groups (broad SMARTS) is 1. The molecule has 13 heteroatoms. The number of Topliss-reactive ketones (excluding diaryl/α,β-unsaturated/α-hetero) is 1. The van der Waals surface area contributed by atoms with Gasteiger partial charge in [0.05, 0.1) is 6.42 Å². The van der Waals surface area contributed by atoms with Gasteiger partial charge in [0, 0.05) is 23.2 Å². The minimum atomic E-state index is -1.73. The van der Waals surface area contributed by atoms with Crippen LogP contribution in [-0.2, 0) is 24.0 Å². The van der Waals surface area contributed by atoms with Crippen LogP contribution in [0, 0.1) is 23.4 Å². The van der Waals surface area contributed by atoms with Crippen LogP contribution in [0.15, 0.2) is 54.6 Å². The highest BCUT2D eigenvalue weighted by Crippen LogP contribution is 2.24. The third-order valence-electron chi connectivity index (χ3n) is 5.89. The fourth-order valence-corrected chi connectivity index (χ4v) is 3.85. The number of halogens is 3. The lowest BCUT2D eigenvalue weighted by Crippen LogP contribution is -2.56. The summed E-state index contributed by atoms with van der Waals surface area (Å²) in [6.07, 6.45) is -0.928. The summed E-state index contributed by atoms with van der Waals surface area (Å²) in [6, 6.07) is 9.76. The summed E-state index contributed by atoms with van der Waals surface area (Å²) in [5.74, 6) is -11.6. The van der Waals surface area contributed by atoms with Crippen molar-refractivity contribution in [2.75, 3.05) is 11.9 Å². The predicted molar refractivity (Wildman–Crippen MR) is 140 cm³/mol. The second-order valence-corrected chi connectivity index (χ2v) is 9.29. The standard InChI is InChI=1S/C28H26F3N3O7/c1-14(2)24(34-28(40)27(39)32-20-9-5-7-15-6-3-4-8-17(15)20)26(38)33-21(12-23(36)37)22(35)13-41-25-18(30)10-16(29)11-19(25)31/h3-11,14,21,24H,12-13H2,1-2H3,(H,32,39)(H,33,38)(H,34,40)(H,36,37)/t21-,24-/m0/s1. The Morgan fingerprint density at radius 3 is 2.15 bits per heavy atom. The second kappa shape index (κ2) is 13.4. The SMILES string of the molecule is CC(C)[C@H](NC(=O)C(=O)Nc1cccc2ccccc12)C(=O)N[C@@H](CC(=O)O)C(=O)COc1c(F)cc(F)cc1F. The zero-order valence-electron chi connectivity index (χ0n) is 21.9. The van der Waals surface area contributed by atoms with Crippen LogP contribution in [-0.4, -0.2) is 53.3 Å². The van der Waals surface area contributed by atoms with E-state index in [0.717, 1.165) is 5.39 Å². The van der Waals surface area contributed by atoms with Gasteiger partial charge in [0.2, 0.25) is 5.91 Å². The summed E-state index contributed by atoms with van der Waals surface area (Å²) in [5.41, 5.74) is 0.356. The van der Waals surface area contributed by atoms with Gasteiger partial charge in [-0.15, -0.1) is 0 Å². The molecule has 0 saturated heterocycles. The molecule has 0 aromatic heterocycles. The molecule has 0 aliphatic carbocycles. The molecule has 0 fully saturated rings. The number of hydrogen-bond acceptors (Lipinski definition) is 6. The number of carboxylic acids is 1. The molecule has 0 radical (unpaired) electrons. The van der Waals surface area contributed by atoms with Gasteiger partial charge in [-0.2, -0.15) is 0 Å². The van der Waals surface area contributed by atoms with Crippen molar-refractivity contribution < 1.29 is 47.0 Å². The highest BCUT2D eigenvalue weighted by molar-refractivity contribution is 6.40. The molecule has 3 aromatic carbocycles. The van der Waals surface area contributed by atoms with E-state index in [1.165, 1.54) is 13.8 Å². The number of carbonyl (C=O) groups excluding carboxylic acids is 4. The van der Waals surface area contributed by atoms with Crippen molar-refractivity contribution >= 4 is 45.9 Å². The minimum Gasteiger partial charge on any atom is -0.481 e. The number of fused-ring (bicyclic) bond motifs is 1. The highest BCUT2D eigenvalue weighted by atomic mass is 19.1. The van der Waals surface area contributed by atoms with E-state index in [4.69, 9.17) is 4.74 Å². The molecular formula is C28H26F3N3O7. The number of hydrogen-bond donors (Lipinski definition) is 4. The molecule has 0 saturated carbocycles. The maximum absolute atomic E-state index is 13.8. The summed E-state index contributed by atoms with van der Waals surface area (Å²) >= 11 is 0. The molecule has 0 spiro atoms. The molecule has 3 rings (SSSR count). The fourth-order valence-electron chi connectivity index (χ4n) is 3.85. The minimum absolute atomic E-state index is 0.325. The van der Waals surface area contributed by atoms with Crippen molar-refractivity contribution in [1.82, 2.24) is 10.6 Å². The molecule has 3 amide bonds. The van der Waals surface area contributed by atoms with E-state index in [1.807, 2.05) is 12.1 Å². The molecule has 0 aliphatic heterocycles. The summed E-state index contributed by atoms with van der Waals surface area (Å²) in [6.45, 7) is 2.00. The van der Waals surface area contributed by atoms with Crippen LogP contribution >= 0.6 is 0 Å². The highest BCUT2D eigenvalue weighted by Gasteiger charge is 2.32. The van der Waals surface area contributed by atoms with Gasteiger partial charge in [-0.3, -0.25) is 24.0 Å². The number of carbonyl (C=O) groups is 5. The van der Waals surface area contributed by atoms with Gasteiger partial charge in [-0.1, -0.05) is 50.2 Å². The molecule has 3 aromatic rings. The smallest absolute Gasteiger partial charge is 0.313 e. The molecule has 0 aliphatic rings. The van der Waals surface area contributed by atoms with E-state index in [0.29, 0.717) is 23.2 Å². The van der Waals surface area contributed by atoms with E-state index in [-0.39, 0.29) is 0 Å². The normalized spacial score (nSPS) is 12.3. The van der Waals surface area contributed by atoms with Crippen LogP contribution in [0.5, 0.6) is 5.75 Å². The Morgan fingerprint density at radius 2 is 1.51 bits per heavy atom. The van der Waals surface area contributed by atoms with Crippen LogP contribution in [0.3, 0.4) is 0 Å². The van der Waals surface area contributed by atoms with Crippen molar-refractivity contribution in [2.24, 2.45) is 5.92 Å². The van der Waals surface area contributed by atoms with E-state index in [1.54, 1.807) is 30.3 Å². The van der Waals surface area contributed by atoms with E-state index >= 15 is 0 Å². The van der Waals surface area contributed by atoms with Gasteiger partial charge in [-0.25, -0.2) is 13.2 Å². The van der Waals surface area contributed by atoms with E-state index in [9.17, 15) is 42.3 Å². The van der Waals surface area contributed by atoms with Gasteiger partial charge in [0.15, 0.2) is 23.2 Å². The third kappa shape index (κ3) is 8.03. The van der Waals surface area contributed by atoms with Crippen molar-refractivity contribution in [3.8, 4) is 5.75 Å².